The Morgan fingerprint density at radius 2 is 1.96 bits per heavy atom. The molecule has 0 radical (unpaired) electrons. The lowest BCUT2D eigenvalue weighted by Crippen LogP contribution is -2.28. The van der Waals surface area contributed by atoms with Gasteiger partial charge in [0.15, 0.2) is 0 Å². The number of benzene rings is 2. The van der Waals surface area contributed by atoms with Crippen LogP contribution in [0.2, 0.25) is 0 Å². The second-order valence-electron chi connectivity index (χ2n) is 6.37. The van der Waals surface area contributed by atoms with Crippen molar-refractivity contribution in [2.75, 3.05) is 23.9 Å². The Kier molecular flexibility index (Phi) is 5.07. The summed E-state index contributed by atoms with van der Waals surface area (Å²) in [5, 5.41) is 13.8. The lowest BCUT2D eigenvalue weighted by Gasteiger charge is -2.17. The van der Waals surface area contributed by atoms with E-state index in [2.05, 4.69) is 5.32 Å². The Morgan fingerprint density at radius 1 is 1.26 bits per heavy atom. The van der Waals surface area contributed by atoms with Gasteiger partial charge in [-0.2, -0.15) is 0 Å². The standard InChI is InChI=1S/C19H19N3O5/c1-12-3-8-16(17(9-12)22(25)26)20-19(24)13-10-18(23)21(11-13)14-4-6-15(27-2)7-5-14/h3-9,13H,10-11H2,1-2H3,(H,20,24)/t13-/m1/s1. The summed E-state index contributed by atoms with van der Waals surface area (Å²) in [6, 6.07) is 11.6. The van der Waals surface area contributed by atoms with Crippen molar-refractivity contribution in [3.63, 3.8) is 0 Å². The van der Waals surface area contributed by atoms with Crippen LogP contribution in [0, 0.1) is 23.0 Å². The predicted molar refractivity (Wildman–Crippen MR) is 99.9 cm³/mol. The highest BCUT2D eigenvalue weighted by atomic mass is 16.6. The van der Waals surface area contributed by atoms with Crippen molar-refractivity contribution >= 4 is 28.9 Å². The number of nitro groups is 1. The molecule has 1 N–H and O–H groups in total. The van der Waals surface area contributed by atoms with E-state index in [1.807, 2.05) is 0 Å². The van der Waals surface area contributed by atoms with Gasteiger partial charge in [-0.25, -0.2) is 0 Å². The van der Waals surface area contributed by atoms with Crippen molar-refractivity contribution in [3.8, 4) is 5.75 Å². The zero-order chi connectivity index (χ0) is 19.6. The second-order valence-corrected chi connectivity index (χ2v) is 6.37. The van der Waals surface area contributed by atoms with Crippen LogP contribution in [0.4, 0.5) is 17.1 Å². The molecular weight excluding hydrogens is 350 g/mol. The molecule has 0 aliphatic carbocycles. The van der Waals surface area contributed by atoms with E-state index in [9.17, 15) is 19.7 Å². The smallest absolute Gasteiger partial charge is 0.293 e. The van der Waals surface area contributed by atoms with Crippen molar-refractivity contribution in [3.05, 3.63) is 58.1 Å². The normalized spacial score (nSPS) is 16.3. The van der Waals surface area contributed by atoms with E-state index in [0.717, 1.165) is 5.56 Å². The molecule has 1 saturated heterocycles. The van der Waals surface area contributed by atoms with Crippen LogP contribution in [0.25, 0.3) is 0 Å². The Hall–Kier alpha value is -3.42. The fourth-order valence-electron chi connectivity index (χ4n) is 3.03. The summed E-state index contributed by atoms with van der Waals surface area (Å²) < 4.78 is 5.10. The molecule has 0 aromatic heterocycles. The fourth-order valence-corrected chi connectivity index (χ4v) is 3.03. The third kappa shape index (κ3) is 3.89. The number of hydrogen-bond acceptors (Lipinski definition) is 5. The van der Waals surface area contributed by atoms with Gasteiger partial charge in [0.05, 0.1) is 18.0 Å². The summed E-state index contributed by atoms with van der Waals surface area (Å²) >= 11 is 0. The van der Waals surface area contributed by atoms with Gasteiger partial charge in [0.2, 0.25) is 11.8 Å². The third-order valence-electron chi connectivity index (χ3n) is 4.49. The summed E-state index contributed by atoms with van der Waals surface area (Å²) in [6.07, 6.45) is 0.0531. The van der Waals surface area contributed by atoms with Crippen LogP contribution in [-0.4, -0.2) is 30.4 Å². The molecule has 8 heteroatoms. The third-order valence-corrected chi connectivity index (χ3v) is 4.49. The first kappa shape index (κ1) is 18.4. The summed E-state index contributed by atoms with van der Waals surface area (Å²) in [4.78, 5) is 37.1. The number of ether oxygens (including phenoxy) is 1. The zero-order valence-electron chi connectivity index (χ0n) is 15.0. The molecule has 0 spiro atoms. The lowest BCUT2D eigenvalue weighted by molar-refractivity contribution is -0.384. The number of carbonyl (C=O) groups is 2. The highest BCUT2D eigenvalue weighted by Crippen LogP contribution is 2.30. The monoisotopic (exact) mass is 369 g/mol. The number of hydrogen-bond donors (Lipinski definition) is 1. The maximum absolute atomic E-state index is 12.6. The highest BCUT2D eigenvalue weighted by Gasteiger charge is 2.35. The summed E-state index contributed by atoms with van der Waals surface area (Å²) in [6.45, 7) is 1.96. The second kappa shape index (κ2) is 7.45. The van der Waals surface area contributed by atoms with E-state index in [-0.39, 0.29) is 30.2 Å². The van der Waals surface area contributed by atoms with Gasteiger partial charge >= 0.3 is 0 Å². The average molecular weight is 369 g/mol. The van der Waals surface area contributed by atoms with Gasteiger partial charge in [-0.3, -0.25) is 19.7 Å². The molecule has 1 atom stereocenters. The summed E-state index contributed by atoms with van der Waals surface area (Å²) in [5.41, 5.74) is 1.37. The maximum atomic E-state index is 12.6. The minimum absolute atomic E-state index is 0.0531. The number of carbonyl (C=O) groups excluding carboxylic acids is 2. The average Bonchev–Trinajstić information content (AvgIpc) is 3.05. The Bertz CT molecular complexity index is 895. The molecule has 1 aliphatic rings. The van der Waals surface area contributed by atoms with E-state index in [1.54, 1.807) is 44.4 Å². The molecule has 1 fully saturated rings. The maximum Gasteiger partial charge on any atom is 0.293 e. The van der Waals surface area contributed by atoms with Gasteiger partial charge in [-0.1, -0.05) is 6.07 Å². The number of methoxy groups -OCH3 is 1. The number of amides is 2. The van der Waals surface area contributed by atoms with Gasteiger partial charge in [0, 0.05) is 24.7 Å². The summed E-state index contributed by atoms with van der Waals surface area (Å²) in [5.74, 6) is -0.489. The molecule has 1 heterocycles. The van der Waals surface area contributed by atoms with E-state index < -0.39 is 16.7 Å². The highest BCUT2D eigenvalue weighted by molar-refractivity contribution is 6.04. The van der Waals surface area contributed by atoms with E-state index >= 15 is 0 Å². The van der Waals surface area contributed by atoms with Gasteiger partial charge < -0.3 is 15.0 Å². The van der Waals surface area contributed by atoms with Gasteiger partial charge in [-0.15, -0.1) is 0 Å². The largest absolute Gasteiger partial charge is 0.497 e. The van der Waals surface area contributed by atoms with Gasteiger partial charge in [0.1, 0.15) is 11.4 Å². The van der Waals surface area contributed by atoms with Crippen molar-refractivity contribution in [1.82, 2.24) is 0 Å². The van der Waals surface area contributed by atoms with Crippen LogP contribution in [0.1, 0.15) is 12.0 Å². The molecule has 2 aromatic carbocycles. The molecule has 3 rings (SSSR count). The lowest BCUT2D eigenvalue weighted by atomic mass is 10.1. The number of aryl methyl sites for hydroxylation is 1. The molecule has 8 nitrogen and oxygen atoms in total. The van der Waals surface area contributed by atoms with Crippen LogP contribution in [0.5, 0.6) is 5.75 Å². The molecular formula is C19H19N3O5. The number of nitrogens with zero attached hydrogens (tertiary/aromatic N) is 2. The van der Waals surface area contributed by atoms with Crippen LogP contribution >= 0.6 is 0 Å². The minimum atomic E-state index is -0.583. The van der Waals surface area contributed by atoms with Crippen molar-refractivity contribution in [1.29, 1.82) is 0 Å². The van der Waals surface area contributed by atoms with Gasteiger partial charge in [-0.05, 0) is 42.8 Å². The number of anilines is 2. The number of rotatable bonds is 5. The first-order chi connectivity index (χ1) is 12.9. The molecule has 0 saturated carbocycles. The van der Waals surface area contributed by atoms with Crippen LogP contribution in [0.15, 0.2) is 42.5 Å². The molecule has 0 unspecified atom stereocenters. The molecule has 1 aliphatic heterocycles. The van der Waals surface area contributed by atoms with Crippen molar-refractivity contribution in [2.24, 2.45) is 5.92 Å². The van der Waals surface area contributed by atoms with Crippen LogP contribution < -0.4 is 15.0 Å². The molecule has 2 aromatic rings. The van der Waals surface area contributed by atoms with Gasteiger partial charge in [0.25, 0.3) is 5.69 Å². The Morgan fingerprint density at radius 3 is 2.59 bits per heavy atom. The number of nitrogens with one attached hydrogen (secondary N) is 1. The quantitative estimate of drug-likeness (QED) is 0.645. The first-order valence-corrected chi connectivity index (χ1v) is 8.39. The van der Waals surface area contributed by atoms with E-state index in [1.165, 1.54) is 17.0 Å². The summed E-state index contributed by atoms with van der Waals surface area (Å²) in [7, 11) is 1.56. The van der Waals surface area contributed by atoms with E-state index in [0.29, 0.717) is 11.4 Å². The Balaban J connectivity index is 1.73. The molecule has 27 heavy (non-hydrogen) atoms. The van der Waals surface area contributed by atoms with Crippen LogP contribution in [0.3, 0.4) is 0 Å². The van der Waals surface area contributed by atoms with Crippen molar-refractivity contribution in [2.45, 2.75) is 13.3 Å². The molecule has 140 valence electrons. The van der Waals surface area contributed by atoms with E-state index in [4.69, 9.17) is 4.74 Å². The Labute approximate surface area is 155 Å². The van der Waals surface area contributed by atoms with Crippen LogP contribution in [-0.2, 0) is 9.59 Å². The fraction of sp³-hybridized carbons (Fsp3) is 0.263. The zero-order valence-corrected chi connectivity index (χ0v) is 15.0. The number of nitro benzene ring substituents is 1. The SMILES string of the molecule is COc1ccc(N2C[C@H](C(=O)Nc3ccc(C)cc3[N+](=O)[O-])CC2=O)cc1. The predicted octanol–water partition coefficient (Wildman–Crippen LogP) is 2.90. The van der Waals surface area contributed by atoms with Crippen molar-refractivity contribution < 1.29 is 19.2 Å². The molecule has 0 bridgehead atoms. The molecule has 2 amide bonds. The first-order valence-electron chi connectivity index (χ1n) is 8.39. The topological polar surface area (TPSA) is 102 Å². The minimum Gasteiger partial charge on any atom is -0.497 e.